The zero-order valence-corrected chi connectivity index (χ0v) is 15.7. The first-order chi connectivity index (χ1) is 11.9. The summed E-state index contributed by atoms with van der Waals surface area (Å²) in [6.07, 6.45) is 1.53. The van der Waals surface area contributed by atoms with Crippen molar-refractivity contribution in [1.29, 1.82) is 0 Å². The second-order valence-electron chi connectivity index (χ2n) is 5.92. The van der Waals surface area contributed by atoms with Crippen molar-refractivity contribution in [3.8, 4) is 0 Å². The highest BCUT2D eigenvalue weighted by Gasteiger charge is 2.35. The van der Waals surface area contributed by atoms with E-state index < -0.39 is 16.0 Å². The highest BCUT2D eigenvalue weighted by atomic mass is 32.2. The quantitative estimate of drug-likeness (QED) is 0.823. The molecule has 0 fully saturated rings. The fourth-order valence-electron chi connectivity index (χ4n) is 3.09. The minimum absolute atomic E-state index is 0.0418. The third-order valence-electron chi connectivity index (χ3n) is 4.29. The van der Waals surface area contributed by atoms with Crippen LogP contribution in [0.15, 0.2) is 28.5 Å². The molecule has 0 radical (unpaired) electrons. The minimum Gasteiger partial charge on any atom is -0.465 e. The summed E-state index contributed by atoms with van der Waals surface area (Å²) < 4.78 is 32.8. The van der Waals surface area contributed by atoms with Gasteiger partial charge in [0.25, 0.3) is 10.0 Å². The molecule has 8 heteroatoms. The van der Waals surface area contributed by atoms with Gasteiger partial charge in [0.05, 0.1) is 12.8 Å². The van der Waals surface area contributed by atoms with Crippen molar-refractivity contribution in [2.75, 3.05) is 18.0 Å². The summed E-state index contributed by atoms with van der Waals surface area (Å²) in [5.41, 5.74) is 8.83. The number of thiophene rings is 1. The molecule has 2 N–H and O–H groups in total. The van der Waals surface area contributed by atoms with Crippen LogP contribution in [0.5, 0.6) is 0 Å². The van der Waals surface area contributed by atoms with Crippen molar-refractivity contribution >= 4 is 33.0 Å². The number of aryl methyl sites for hydroxylation is 2. The monoisotopic (exact) mass is 380 g/mol. The molecule has 1 aliphatic rings. The van der Waals surface area contributed by atoms with Crippen LogP contribution in [0.4, 0.5) is 5.69 Å². The van der Waals surface area contributed by atoms with E-state index in [1.165, 1.54) is 11.4 Å². The molecule has 134 valence electrons. The van der Waals surface area contributed by atoms with Crippen LogP contribution < -0.4 is 10.0 Å². The number of nitrogens with zero attached hydrogens (tertiary/aromatic N) is 1. The molecule has 25 heavy (non-hydrogen) atoms. The summed E-state index contributed by atoms with van der Waals surface area (Å²) >= 11 is 1.09. The molecule has 0 saturated heterocycles. The number of hydrogen-bond donors (Lipinski definition) is 1. The summed E-state index contributed by atoms with van der Waals surface area (Å²) in [4.78, 5) is 12.2. The first-order valence-corrected chi connectivity index (χ1v) is 10.2. The number of rotatable bonds is 4. The molecule has 2 heterocycles. The number of fused-ring (bicyclic) bond motifs is 1. The average molecular weight is 380 g/mol. The van der Waals surface area contributed by atoms with E-state index in [0.29, 0.717) is 24.3 Å². The summed E-state index contributed by atoms with van der Waals surface area (Å²) in [6.45, 7) is 2.49. The van der Waals surface area contributed by atoms with Gasteiger partial charge in [0.1, 0.15) is 9.77 Å². The van der Waals surface area contributed by atoms with Gasteiger partial charge in [-0.25, -0.2) is 13.2 Å². The van der Waals surface area contributed by atoms with Crippen LogP contribution >= 0.6 is 11.3 Å². The van der Waals surface area contributed by atoms with E-state index in [1.807, 2.05) is 12.1 Å². The van der Waals surface area contributed by atoms with E-state index in [9.17, 15) is 13.2 Å². The molecule has 0 saturated carbocycles. The number of sulfonamides is 1. The third-order valence-corrected chi connectivity index (χ3v) is 7.50. The van der Waals surface area contributed by atoms with E-state index in [1.54, 1.807) is 18.4 Å². The standard InChI is InChI=1S/C17H20N2O4S2/c1-11-10-24-15(17(20)23-2)16(11)25(21,22)19-7-3-4-13-8-12(9-18)5-6-14(13)19/h5-6,8,10H,3-4,7,9,18H2,1-2H3. The van der Waals surface area contributed by atoms with Gasteiger partial charge in [-0.05, 0) is 47.9 Å². The number of hydrogen-bond acceptors (Lipinski definition) is 6. The Bertz CT molecular complexity index is 919. The molecule has 1 aromatic carbocycles. The lowest BCUT2D eigenvalue weighted by atomic mass is 10.0. The lowest BCUT2D eigenvalue weighted by Gasteiger charge is -2.31. The van der Waals surface area contributed by atoms with Crippen LogP contribution in [-0.2, 0) is 27.7 Å². The summed E-state index contributed by atoms with van der Waals surface area (Å²) in [6, 6.07) is 5.60. The zero-order chi connectivity index (χ0) is 18.2. The number of esters is 1. The molecule has 0 bridgehead atoms. The predicted octanol–water partition coefficient (Wildman–Crippen LogP) is 2.44. The van der Waals surface area contributed by atoms with Gasteiger partial charge >= 0.3 is 5.97 Å². The molecule has 0 unspecified atom stereocenters. The van der Waals surface area contributed by atoms with Crippen molar-refractivity contribution in [2.24, 2.45) is 5.73 Å². The molecule has 0 amide bonds. The van der Waals surface area contributed by atoms with Gasteiger partial charge in [-0.1, -0.05) is 12.1 Å². The van der Waals surface area contributed by atoms with E-state index in [0.717, 1.165) is 35.3 Å². The molecule has 2 aromatic rings. The predicted molar refractivity (Wildman–Crippen MR) is 97.6 cm³/mol. The normalized spacial score (nSPS) is 14.3. The fourth-order valence-corrected chi connectivity index (χ4v) is 6.30. The van der Waals surface area contributed by atoms with Crippen LogP contribution in [0, 0.1) is 6.92 Å². The number of benzene rings is 1. The number of carbonyl (C=O) groups excluding carboxylic acids is 1. The van der Waals surface area contributed by atoms with Gasteiger partial charge in [0.2, 0.25) is 0 Å². The maximum Gasteiger partial charge on any atom is 0.349 e. The van der Waals surface area contributed by atoms with E-state index in [4.69, 9.17) is 10.5 Å². The van der Waals surface area contributed by atoms with Crippen molar-refractivity contribution in [2.45, 2.75) is 31.2 Å². The Morgan fingerprint density at radius 2 is 2.16 bits per heavy atom. The maximum atomic E-state index is 13.3. The average Bonchev–Trinajstić information content (AvgIpc) is 3.02. The first-order valence-electron chi connectivity index (χ1n) is 7.91. The molecular weight excluding hydrogens is 360 g/mol. The second-order valence-corrected chi connectivity index (χ2v) is 8.60. The topological polar surface area (TPSA) is 89.7 Å². The Kier molecular flexibility index (Phi) is 4.86. The third kappa shape index (κ3) is 3.05. The van der Waals surface area contributed by atoms with E-state index >= 15 is 0 Å². The summed E-state index contributed by atoms with van der Waals surface area (Å²) in [7, 11) is -2.61. The van der Waals surface area contributed by atoms with Crippen LogP contribution in [0.2, 0.25) is 0 Å². The van der Waals surface area contributed by atoms with Crippen LogP contribution in [0.1, 0.15) is 32.8 Å². The molecule has 1 aromatic heterocycles. The Hall–Kier alpha value is -1.90. The molecule has 0 atom stereocenters. The number of carbonyl (C=O) groups is 1. The molecule has 6 nitrogen and oxygen atoms in total. The van der Waals surface area contributed by atoms with Crippen LogP contribution in [-0.4, -0.2) is 28.0 Å². The van der Waals surface area contributed by atoms with E-state index in [2.05, 4.69) is 0 Å². The van der Waals surface area contributed by atoms with Crippen molar-refractivity contribution in [3.63, 3.8) is 0 Å². The van der Waals surface area contributed by atoms with E-state index in [-0.39, 0.29) is 9.77 Å². The molecular formula is C17H20N2O4S2. The Balaban J connectivity index is 2.12. The highest BCUT2D eigenvalue weighted by molar-refractivity contribution is 7.93. The van der Waals surface area contributed by atoms with Gasteiger partial charge in [0, 0.05) is 13.1 Å². The SMILES string of the molecule is COC(=O)c1scc(C)c1S(=O)(=O)N1CCCc2cc(CN)ccc21. The van der Waals surface area contributed by atoms with Gasteiger partial charge in [0.15, 0.2) is 0 Å². The second kappa shape index (κ2) is 6.78. The Morgan fingerprint density at radius 3 is 2.84 bits per heavy atom. The smallest absolute Gasteiger partial charge is 0.349 e. The van der Waals surface area contributed by atoms with Gasteiger partial charge in [-0.3, -0.25) is 4.31 Å². The summed E-state index contributed by atoms with van der Waals surface area (Å²) in [5, 5.41) is 1.67. The van der Waals surface area contributed by atoms with Crippen LogP contribution in [0.3, 0.4) is 0 Å². The number of anilines is 1. The molecule has 3 rings (SSSR count). The number of methoxy groups -OCH3 is 1. The number of nitrogens with two attached hydrogens (primary N) is 1. The maximum absolute atomic E-state index is 13.3. The Morgan fingerprint density at radius 1 is 1.40 bits per heavy atom. The molecule has 1 aliphatic heterocycles. The zero-order valence-electron chi connectivity index (χ0n) is 14.1. The first kappa shape index (κ1) is 17.9. The summed E-state index contributed by atoms with van der Waals surface area (Å²) in [5.74, 6) is -0.632. The lowest BCUT2D eigenvalue weighted by Crippen LogP contribution is -2.36. The Labute approximate surface area is 151 Å². The van der Waals surface area contributed by atoms with Gasteiger partial charge in [-0.15, -0.1) is 11.3 Å². The lowest BCUT2D eigenvalue weighted by molar-refractivity contribution is 0.0602. The van der Waals surface area contributed by atoms with Gasteiger partial charge in [-0.2, -0.15) is 0 Å². The highest BCUT2D eigenvalue weighted by Crippen LogP contribution is 2.36. The number of ether oxygens (including phenoxy) is 1. The molecule has 0 aliphatic carbocycles. The minimum atomic E-state index is -3.86. The van der Waals surface area contributed by atoms with Gasteiger partial charge < -0.3 is 10.5 Å². The van der Waals surface area contributed by atoms with Crippen LogP contribution in [0.25, 0.3) is 0 Å². The van der Waals surface area contributed by atoms with Crippen molar-refractivity contribution < 1.29 is 17.9 Å². The molecule has 0 spiro atoms. The van der Waals surface area contributed by atoms with Crippen molar-refractivity contribution in [3.05, 3.63) is 45.1 Å². The fraction of sp³-hybridized carbons (Fsp3) is 0.353. The van der Waals surface area contributed by atoms with Crippen molar-refractivity contribution in [1.82, 2.24) is 0 Å². The largest absolute Gasteiger partial charge is 0.465 e.